The van der Waals surface area contributed by atoms with Crippen LogP contribution < -0.4 is 10.1 Å². The quantitative estimate of drug-likeness (QED) is 0.878. The Bertz CT molecular complexity index is 454. The predicted molar refractivity (Wildman–Crippen MR) is 71.6 cm³/mol. The molecule has 1 N–H and O–H groups in total. The highest BCUT2D eigenvalue weighted by molar-refractivity contribution is 7.07. The topological polar surface area (TPSA) is 34.1 Å². The molecular weight excluding hydrogens is 232 g/mol. The fraction of sp³-hybridized carbons (Fsp3) is 0.308. The molecule has 0 bridgehead atoms. The molecule has 0 aliphatic heterocycles. The summed E-state index contributed by atoms with van der Waals surface area (Å²) in [7, 11) is 0. The summed E-state index contributed by atoms with van der Waals surface area (Å²) in [4.78, 5) is 4.30. The van der Waals surface area contributed by atoms with Gasteiger partial charge in [0.1, 0.15) is 0 Å². The molecule has 3 nitrogen and oxygen atoms in total. The standard InChI is InChI=1S/C13H16N2OS/c1-10(2)16-12-4-3-6-14-13(12)15-8-11-5-7-17-9-11/h3-7,9-10H,8H2,1-2H3,(H,14,15). The zero-order valence-corrected chi connectivity index (χ0v) is 10.8. The fourth-order valence-electron chi connectivity index (χ4n) is 1.45. The van der Waals surface area contributed by atoms with Crippen LogP contribution in [0.15, 0.2) is 35.2 Å². The lowest BCUT2D eigenvalue weighted by molar-refractivity contribution is 0.243. The highest BCUT2D eigenvalue weighted by Gasteiger charge is 2.05. The van der Waals surface area contributed by atoms with E-state index in [4.69, 9.17) is 4.74 Å². The van der Waals surface area contributed by atoms with Crippen molar-refractivity contribution >= 4 is 17.2 Å². The van der Waals surface area contributed by atoms with E-state index in [2.05, 4.69) is 27.1 Å². The number of anilines is 1. The predicted octanol–water partition coefficient (Wildman–Crippen LogP) is 3.54. The van der Waals surface area contributed by atoms with Crippen molar-refractivity contribution in [3.8, 4) is 5.75 Å². The van der Waals surface area contributed by atoms with Crippen LogP contribution >= 0.6 is 11.3 Å². The molecule has 0 unspecified atom stereocenters. The molecular formula is C13H16N2OS. The van der Waals surface area contributed by atoms with Crippen molar-refractivity contribution < 1.29 is 4.74 Å². The summed E-state index contributed by atoms with van der Waals surface area (Å²) in [6.07, 6.45) is 1.92. The Labute approximate surface area is 105 Å². The van der Waals surface area contributed by atoms with E-state index in [0.29, 0.717) is 0 Å². The van der Waals surface area contributed by atoms with E-state index in [-0.39, 0.29) is 6.10 Å². The van der Waals surface area contributed by atoms with E-state index in [1.54, 1.807) is 17.5 Å². The van der Waals surface area contributed by atoms with Crippen LogP contribution in [0.3, 0.4) is 0 Å². The second-order valence-electron chi connectivity index (χ2n) is 4.00. The highest BCUT2D eigenvalue weighted by Crippen LogP contribution is 2.22. The Hall–Kier alpha value is -1.55. The molecule has 2 heterocycles. The van der Waals surface area contributed by atoms with Gasteiger partial charge < -0.3 is 10.1 Å². The van der Waals surface area contributed by atoms with Crippen molar-refractivity contribution in [3.05, 3.63) is 40.7 Å². The first-order valence-corrected chi connectivity index (χ1v) is 6.56. The molecule has 2 aromatic rings. The van der Waals surface area contributed by atoms with Crippen LogP contribution in [0.25, 0.3) is 0 Å². The van der Waals surface area contributed by atoms with Crippen LogP contribution in [-0.4, -0.2) is 11.1 Å². The number of hydrogen-bond donors (Lipinski definition) is 1. The second-order valence-corrected chi connectivity index (χ2v) is 4.78. The number of nitrogens with one attached hydrogen (secondary N) is 1. The van der Waals surface area contributed by atoms with Crippen LogP contribution in [-0.2, 0) is 6.54 Å². The van der Waals surface area contributed by atoms with Gasteiger partial charge in [0.25, 0.3) is 0 Å². The van der Waals surface area contributed by atoms with Crippen LogP contribution in [0, 0.1) is 0 Å². The number of ether oxygens (including phenoxy) is 1. The number of nitrogens with zero attached hydrogens (tertiary/aromatic N) is 1. The van der Waals surface area contributed by atoms with Gasteiger partial charge in [0.2, 0.25) is 0 Å². The normalized spacial score (nSPS) is 10.5. The highest BCUT2D eigenvalue weighted by atomic mass is 32.1. The maximum atomic E-state index is 5.69. The zero-order valence-electron chi connectivity index (χ0n) is 10.0. The summed E-state index contributed by atoms with van der Waals surface area (Å²) in [5, 5.41) is 7.49. The lowest BCUT2D eigenvalue weighted by Crippen LogP contribution is -2.09. The van der Waals surface area contributed by atoms with Crippen molar-refractivity contribution in [2.75, 3.05) is 5.32 Å². The Morgan fingerprint density at radius 1 is 1.41 bits per heavy atom. The summed E-state index contributed by atoms with van der Waals surface area (Å²) in [6, 6.07) is 5.92. The molecule has 0 radical (unpaired) electrons. The van der Waals surface area contributed by atoms with E-state index in [9.17, 15) is 0 Å². The summed E-state index contributed by atoms with van der Waals surface area (Å²) in [5.41, 5.74) is 1.26. The molecule has 0 saturated heterocycles. The summed E-state index contributed by atoms with van der Waals surface area (Å²) in [5.74, 6) is 1.60. The molecule has 90 valence electrons. The molecule has 0 amide bonds. The summed E-state index contributed by atoms with van der Waals surface area (Å²) < 4.78 is 5.69. The number of pyridine rings is 1. The van der Waals surface area contributed by atoms with Crippen molar-refractivity contribution in [3.63, 3.8) is 0 Å². The Kier molecular flexibility index (Phi) is 3.98. The molecule has 4 heteroatoms. The number of aromatic nitrogens is 1. The first-order valence-electron chi connectivity index (χ1n) is 5.62. The van der Waals surface area contributed by atoms with Gasteiger partial charge in [0.05, 0.1) is 6.10 Å². The lowest BCUT2D eigenvalue weighted by Gasteiger charge is -2.13. The van der Waals surface area contributed by atoms with E-state index in [1.165, 1.54) is 5.56 Å². The molecule has 0 atom stereocenters. The number of rotatable bonds is 5. The molecule has 0 aliphatic rings. The fourth-order valence-corrected chi connectivity index (χ4v) is 2.12. The Morgan fingerprint density at radius 2 is 2.29 bits per heavy atom. The van der Waals surface area contributed by atoms with Gasteiger partial charge in [-0.3, -0.25) is 0 Å². The third kappa shape index (κ3) is 3.46. The van der Waals surface area contributed by atoms with Gasteiger partial charge in [0, 0.05) is 12.7 Å². The maximum absolute atomic E-state index is 5.69. The molecule has 0 aliphatic carbocycles. The van der Waals surface area contributed by atoms with E-state index < -0.39 is 0 Å². The molecule has 0 saturated carbocycles. The van der Waals surface area contributed by atoms with Crippen molar-refractivity contribution in [2.24, 2.45) is 0 Å². The largest absolute Gasteiger partial charge is 0.487 e. The van der Waals surface area contributed by atoms with Crippen LogP contribution in [0.2, 0.25) is 0 Å². The average Bonchev–Trinajstić information content (AvgIpc) is 2.80. The number of thiophene rings is 1. The third-order valence-electron chi connectivity index (χ3n) is 2.17. The van der Waals surface area contributed by atoms with Gasteiger partial charge in [-0.1, -0.05) is 0 Å². The molecule has 2 aromatic heterocycles. The van der Waals surface area contributed by atoms with Gasteiger partial charge in [-0.05, 0) is 48.4 Å². The first-order chi connectivity index (χ1) is 8.25. The van der Waals surface area contributed by atoms with Crippen LogP contribution in [0.4, 0.5) is 5.82 Å². The van der Waals surface area contributed by atoms with Gasteiger partial charge >= 0.3 is 0 Å². The van der Waals surface area contributed by atoms with Crippen molar-refractivity contribution in [2.45, 2.75) is 26.5 Å². The SMILES string of the molecule is CC(C)Oc1cccnc1NCc1ccsc1. The zero-order chi connectivity index (χ0) is 12.1. The molecule has 17 heavy (non-hydrogen) atoms. The van der Waals surface area contributed by atoms with Crippen molar-refractivity contribution in [1.82, 2.24) is 4.98 Å². The lowest BCUT2D eigenvalue weighted by atomic mass is 10.3. The summed E-state index contributed by atoms with van der Waals surface area (Å²) in [6.45, 7) is 4.79. The smallest absolute Gasteiger partial charge is 0.169 e. The minimum Gasteiger partial charge on any atom is -0.487 e. The van der Waals surface area contributed by atoms with Crippen LogP contribution in [0.5, 0.6) is 5.75 Å². The van der Waals surface area contributed by atoms with E-state index >= 15 is 0 Å². The molecule has 2 rings (SSSR count). The van der Waals surface area contributed by atoms with Crippen molar-refractivity contribution in [1.29, 1.82) is 0 Å². The van der Waals surface area contributed by atoms with Crippen LogP contribution in [0.1, 0.15) is 19.4 Å². The van der Waals surface area contributed by atoms with Gasteiger partial charge in [-0.25, -0.2) is 4.98 Å². The van der Waals surface area contributed by atoms with Gasteiger partial charge in [-0.2, -0.15) is 11.3 Å². The average molecular weight is 248 g/mol. The van der Waals surface area contributed by atoms with Gasteiger partial charge in [-0.15, -0.1) is 0 Å². The Morgan fingerprint density at radius 3 is 3.00 bits per heavy atom. The monoisotopic (exact) mass is 248 g/mol. The maximum Gasteiger partial charge on any atom is 0.169 e. The number of hydrogen-bond acceptors (Lipinski definition) is 4. The Balaban J connectivity index is 2.04. The van der Waals surface area contributed by atoms with E-state index in [0.717, 1.165) is 18.1 Å². The first kappa shape index (κ1) is 11.9. The molecule has 0 fully saturated rings. The second kappa shape index (κ2) is 5.68. The molecule has 0 aromatic carbocycles. The minimum absolute atomic E-state index is 0.154. The summed E-state index contributed by atoms with van der Waals surface area (Å²) >= 11 is 1.70. The minimum atomic E-state index is 0.154. The van der Waals surface area contributed by atoms with E-state index in [1.807, 2.05) is 26.0 Å². The van der Waals surface area contributed by atoms with Gasteiger partial charge in [0.15, 0.2) is 11.6 Å². The third-order valence-corrected chi connectivity index (χ3v) is 2.91. The molecule has 0 spiro atoms.